The molecule has 0 bridgehead atoms. The first kappa shape index (κ1) is 8.47. The van der Waals surface area contributed by atoms with E-state index in [4.69, 9.17) is 0 Å². The highest BCUT2D eigenvalue weighted by molar-refractivity contribution is 7.99. The number of hydrogen-bond donors (Lipinski definition) is 1. The highest BCUT2D eigenvalue weighted by Gasteiger charge is 1.96. The largest absolute Gasteiger partial charge is 0.387 e. The Morgan fingerprint density at radius 1 is 1.36 bits per heavy atom. The zero-order valence-corrected chi connectivity index (χ0v) is 7.74. The molecule has 0 aliphatic carbocycles. The smallest absolute Gasteiger partial charge is 0.0475 e. The Labute approximate surface area is 72.2 Å². The van der Waals surface area contributed by atoms with Gasteiger partial charge in [-0.3, -0.25) is 0 Å². The molecule has 0 saturated heterocycles. The average molecular weight is 167 g/mol. The number of hydrogen-bond acceptors (Lipinski definition) is 2. The Morgan fingerprint density at radius 2 is 2.09 bits per heavy atom. The number of anilines is 1. The van der Waals surface area contributed by atoms with Crippen molar-refractivity contribution in [3.63, 3.8) is 0 Å². The topological polar surface area (TPSA) is 12.0 Å². The molecule has 0 aliphatic heterocycles. The van der Waals surface area contributed by atoms with Crippen LogP contribution in [-0.4, -0.2) is 12.8 Å². The molecule has 0 heterocycles. The first-order chi connectivity index (χ1) is 5.38. The molecule has 0 amide bonds. The Balaban J connectivity index is 2.83. The van der Waals surface area contributed by atoms with Crippen LogP contribution in [0.5, 0.6) is 0 Å². The van der Waals surface area contributed by atoms with E-state index in [1.54, 1.807) is 0 Å². The minimum absolute atomic E-state index is 1.12. The molecule has 0 atom stereocenters. The number of rotatable bonds is 3. The Hall–Kier alpha value is -0.630. The molecule has 60 valence electrons. The summed E-state index contributed by atoms with van der Waals surface area (Å²) in [6.45, 7) is 2.16. The molecule has 1 aromatic carbocycles. The molecule has 2 heteroatoms. The van der Waals surface area contributed by atoms with E-state index in [9.17, 15) is 0 Å². The zero-order valence-electron chi connectivity index (χ0n) is 6.92. The van der Waals surface area contributed by atoms with Gasteiger partial charge in [0, 0.05) is 17.6 Å². The van der Waals surface area contributed by atoms with E-state index in [0.29, 0.717) is 0 Å². The van der Waals surface area contributed by atoms with E-state index >= 15 is 0 Å². The van der Waals surface area contributed by atoms with Gasteiger partial charge in [-0.05, 0) is 17.9 Å². The summed E-state index contributed by atoms with van der Waals surface area (Å²) in [5, 5.41) is 3.16. The van der Waals surface area contributed by atoms with Crippen molar-refractivity contribution in [1.29, 1.82) is 0 Å². The van der Waals surface area contributed by atoms with Crippen LogP contribution in [0.15, 0.2) is 29.2 Å². The predicted octanol–water partition coefficient (Wildman–Crippen LogP) is 2.84. The van der Waals surface area contributed by atoms with Crippen LogP contribution in [0.4, 0.5) is 5.69 Å². The molecule has 11 heavy (non-hydrogen) atoms. The molecule has 0 aliphatic rings. The second-order valence-electron chi connectivity index (χ2n) is 2.18. The molecule has 1 rings (SSSR count). The van der Waals surface area contributed by atoms with Crippen LogP contribution < -0.4 is 5.32 Å². The van der Waals surface area contributed by atoms with Crippen LogP contribution in [0, 0.1) is 0 Å². The molecule has 1 aromatic rings. The Morgan fingerprint density at radius 3 is 2.73 bits per heavy atom. The van der Waals surface area contributed by atoms with Crippen LogP contribution in [0.2, 0.25) is 0 Å². The van der Waals surface area contributed by atoms with E-state index in [1.807, 2.05) is 24.9 Å². The predicted molar refractivity (Wildman–Crippen MR) is 52.4 cm³/mol. The summed E-state index contributed by atoms with van der Waals surface area (Å²) in [5.41, 5.74) is 1.22. The maximum Gasteiger partial charge on any atom is 0.0475 e. The Bertz CT molecular complexity index is 223. The van der Waals surface area contributed by atoms with E-state index in [-0.39, 0.29) is 0 Å². The Kier molecular flexibility index (Phi) is 3.30. The lowest BCUT2D eigenvalue weighted by atomic mass is 10.3. The number of benzene rings is 1. The maximum absolute atomic E-state index is 3.16. The first-order valence-corrected chi connectivity index (χ1v) is 4.76. The fraction of sp³-hybridized carbons (Fsp3) is 0.333. The third-order valence-corrected chi connectivity index (χ3v) is 2.41. The standard InChI is InChI=1S/C9H13NS/c1-3-11-9-7-5-4-6-8(9)10-2/h4-7,10H,3H2,1-2H3. The molecule has 1 nitrogen and oxygen atoms in total. The first-order valence-electron chi connectivity index (χ1n) is 3.78. The van der Waals surface area contributed by atoms with Gasteiger partial charge in [-0.15, -0.1) is 11.8 Å². The van der Waals surface area contributed by atoms with Crippen molar-refractivity contribution >= 4 is 17.4 Å². The van der Waals surface area contributed by atoms with Gasteiger partial charge in [0.2, 0.25) is 0 Å². The third kappa shape index (κ3) is 2.15. The summed E-state index contributed by atoms with van der Waals surface area (Å²) < 4.78 is 0. The molecule has 0 aromatic heterocycles. The van der Waals surface area contributed by atoms with Gasteiger partial charge in [-0.2, -0.15) is 0 Å². The average Bonchev–Trinajstić information content (AvgIpc) is 2.06. The van der Waals surface area contributed by atoms with Gasteiger partial charge in [-0.25, -0.2) is 0 Å². The van der Waals surface area contributed by atoms with Gasteiger partial charge >= 0.3 is 0 Å². The molecule has 0 unspecified atom stereocenters. The molecule has 1 N–H and O–H groups in total. The van der Waals surface area contributed by atoms with Crippen molar-refractivity contribution in [2.45, 2.75) is 11.8 Å². The highest BCUT2D eigenvalue weighted by Crippen LogP contribution is 2.25. The fourth-order valence-electron chi connectivity index (χ4n) is 0.955. The summed E-state index contributed by atoms with van der Waals surface area (Å²) in [6.07, 6.45) is 0. The van der Waals surface area contributed by atoms with Crippen molar-refractivity contribution in [1.82, 2.24) is 0 Å². The van der Waals surface area contributed by atoms with Gasteiger partial charge in [0.05, 0.1) is 0 Å². The van der Waals surface area contributed by atoms with Crippen molar-refractivity contribution in [2.75, 3.05) is 18.1 Å². The number of thioether (sulfide) groups is 1. The lowest BCUT2D eigenvalue weighted by Gasteiger charge is -2.05. The quantitative estimate of drug-likeness (QED) is 0.695. The van der Waals surface area contributed by atoms with Crippen LogP contribution in [0.25, 0.3) is 0 Å². The lowest BCUT2D eigenvalue weighted by molar-refractivity contribution is 1.37. The van der Waals surface area contributed by atoms with Gasteiger partial charge < -0.3 is 5.32 Å². The summed E-state index contributed by atoms with van der Waals surface area (Å²) in [4.78, 5) is 1.33. The van der Waals surface area contributed by atoms with Gasteiger partial charge in [-0.1, -0.05) is 19.1 Å². The zero-order chi connectivity index (χ0) is 8.10. The number of para-hydroxylation sites is 1. The molecule has 0 spiro atoms. The van der Waals surface area contributed by atoms with Crippen molar-refractivity contribution in [2.24, 2.45) is 0 Å². The molecule has 0 saturated carbocycles. The van der Waals surface area contributed by atoms with Gasteiger partial charge in [0.1, 0.15) is 0 Å². The van der Waals surface area contributed by atoms with Crippen molar-refractivity contribution in [3.05, 3.63) is 24.3 Å². The van der Waals surface area contributed by atoms with Crippen molar-refractivity contribution in [3.8, 4) is 0 Å². The molecule has 0 fully saturated rings. The minimum Gasteiger partial charge on any atom is -0.387 e. The highest BCUT2D eigenvalue weighted by atomic mass is 32.2. The second-order valence-corrected chi connectivity index (χ2v) is 3.49. The summed E-state index contributed by atoms with van der Waals surface area (Å²) >= 11 is 1.86. The van der Waals surface area contributed by atoms with Crippen LogP contribution in [0.1, 0.15) is 6.92 Å². The van der Waals surface area contributed by atoms with Crippen LogP contribution in [0.3, 0.4) is 0 Å². The normalized spacial score (nSPS) is 9.64. The van der Waals surface area contributed by atoms with E-state index in [1.165, 1.54) is 10.6 Å². The van der Waals surface area contributed by atoms with E-state index in [2.05, 4.69) is 30.4 Å². The maximum atomic E-state index is 3.16. The fourth-order valence-corrected chi connectivity index (χ4v) is 1.77. The van der Waals surface area contributed by atoms with Crippen LogP contribution in [-0.2, 0) is 0 Å². The van der Waals surface area contributed by atoms with Gasteiger partial charge in [0.25, 0.3) is 0 Å². The van der Waals surface area contributed by atoms with Gasteiger partial charge in [0.15, 0.2) is 0 Å². The molecular weight excluding hydrogens is 154 g/mol. The summed E-state index contributed by atoms with van der Waals surface area (Å²) in [6, 6.07) is 8.35. The van der Waals surface area contributed by atoms with Crippen molar-refractivity contribution < 1.29 is 0 Å². The van der Waals surface area contributed by atoms with E-state index in [0.717, 1.165) is 5.75 Å². The van der Waals surface area contributed by atoms with E-state index < -0.39 is 0 Å². The SMILES string of the molecule is CCSc1ccccc1NC. The minimum atomic E-state index is 1.12. The monoisotopic (exact) mass is 167 g/mol. The third-order valence-electron chi connectivity index (χ3n) is 1.46. The second kappa shape index (κ2) is 4.29. The summed E-state index contributed by atoms with van der Waals surface area (Å²) in [7, 11) is 1.95. The molecule has 0 radical (unpaired) electrons. The lowest BCUT2D eigenvalue weighted by Crippen LogP contribution is -1.89. The number of nitrogens with one attached hydrogen (secondary N) is 1. The van der Waals surface area contributed by atoms with Crippen LogP contribution >= 0.6 is 11.8 Å². The summed E-state index contributed by atoms with van der Waals surface area (Å²) in [5.74, 6) is 1.12. The molecular formula is C9H13NS.